The molecule has 210 valence electrons. The van der Waals surface area contributed by atoms with Crippen LogP contribution in [0.1, 0.15) is 30.4 Å². The zero-order valence-electron chi connectivity index (χ0n) is 22.1. The number of fused-ring (bicyclic) bond motifs is 1. The van der Waals surface area contributed by atoms with Crippen molar-refractivity contribution in [3.63, 3.8) is 0 Å². The average molecular weight is 569 g/mol. The summed E-state index contributed by atoms with van der Waals surface area (Å²) in [7, 11) is 0. The summed E-state index contributed by atoms with van der Waals surface area (Å²) in [4.78, 5) is 20.2. The van der Waals surface area contributed by atoms with E-state index < -0.39 is 17.6 Å². The molecule has 3 aliphatic heterocycles. The molecule has 2 fully saturated rings. The Labute approximate surface area is 236 Å². The fourth-order valence-electron chi connectivity index (χ4n) is 5.36. The van der Waals surface area contributed by atoms with Crippen LogP contribution in [-0.2, 0) is 28.4 Å². The van der Waals surface area contributed by atoms with Crippen LogP contribution >= 0.6 is 11.6 Å². The molecule has 4 heterocycles. The largest absolute Gasteiger partial charge is 0.478 e. The Morgan fingerprint density at radius 2 is 2.02 bits per heavy atom. The number of carbonyl (C=O) groups is 1. The number of hydrogen-bond donors (Lipinski definition) is 1. The molecule has 3 aromatic rings. The van der Waals surface area contributed by atoms with E-state index in [1.54, 1.807) is 31.3 Å². The summed E-state index contributed by atoms with van der Waals surface area (Å²) in [5, 5.41) is 9.38. The van der Waals surface area contributed by atoms with Gasteiger partial charge in [0.05, 0.1) is 42.3 Å². The number of aromatic nitrogens is 2. The van der Waals surface area contributed by atoms with Gasteiger partial charge in [0.2, 0.25) is 0 Å². The Balaban J connectivity index is 1.14. The number of anilines is 1. The Bertz CT molecular complexity index is 1450. The van der Waals surface area contributed by atoms with E-state index in [0.29, 0.717) is 29.6 Å². The van der Waals surface area contributed by atoms with Crippen LogP contribution < -0.4 is 14.4 Å². The number of para-hydroxylation sites is 1. The van der Waals surface area contributed by atoms with Crippen LogP contribution in [-0.4, -0.2) is 64.4 Å². The summed E-state index contributed by atoms with van der Waals surface area (Å²) >= 11 is 5.95. The van der Waals surface area contributed by atoms with Crippen LogP contribution in [0, 0.1) is 5.82 Å². The molecular formula is C29H30ClFN4O5. The summed E-state index contributed by atoms with van der Waals surface area (Å²) in [6.45, 7) is 6.84. The number of rotatable bonds is 8. The number of piperazine rings is 1. The van der Waals surface area contributed by atoms with Crippen LogP contribution in [0.4, 0.5) is 10.1 Å². The first-order valence-corrected chi connectivity index (χ1v) is 13.7. The minimum absolute atomic E-state index is 0.121. The average Bonchev–Trinajstić information content (AvgIpc) is 3.45. The zero-order valence-corrected chi connectivity index (χ0v) is 22.8. The molecule has 11 heteroatoms. The van der Waals surface area contributed by atoms with Gasteiger partial charge in [-0.3, -0.25) is 4.90 Å². The second-order valence-electron chi connectivity index (χ2n) is 10.3. The van der Waals surface area contributed by atoms with Gasteiger partial charge in [-0.05, 0) is 42.8 Å². The fraction of sp³-hybridized carbons (Fsp3) is 0.379. The molecular weight excluding hydrogens is 539 g/mol. The second kappa shape index (κ2) is 10.8. The van der Waals surface area contributed by atoms with Crippen molar-refractivity contribution in [1.82, 2.24) is 14.5 Å². The highest BCUT2D eigenvalue weighted by molar-refractivity contribution is 6.30. The maximum Gasteiger partial charge on any atom is 0.328 e. The molecule has 0 radical (unpaired) electrons. The molecule has 1 unspecified atom stereocenters. The molecule has 3 aliphatic rings. The highest BCUT2D eigenvalue weighted by Gasteiger charge is 2.42. The maximum atomic E-state index is 14.7. The third kappa shape index (κ3) is 5.26. The molecule has 2 aromatic carbocycles. The lowest BCUT2D eigenvalue weighted by Gasteiger charge is -2.36. The van der Waals surface area contributed by atoms with Gasteiger partial charge in [-0.25, -0.2) is 14.2 Å². The van der Waals surface area contributed by atoms with Gasteiger partial charge in [0.1, 0.15) is 11.6 Å². The number of ether oxygens (including phenoxy) is 3. The van der Waals surface area contributed by atoms with Crippen molar-refractivity contribution in [3.8, 4) is 11.5 Å². The smallest absolute Gasteiger partial charge is 0.328 e. The van der Waals surface area contributed by atoms with Crippen molar-refractivity contribution in [2.24, 2.45) is 0 Å². The molecule has 9 nitrogen and oxygen atoms in total. The van der Waals surface area contributed by atoms with Gasteiger partial charge in [-0.15, -0.1) is 0 Å². The number of nitrogens with zero attached hydrogens (tertiary/aromatic N) is 4. The van der Waals surface area contributed by atoms with Crippen molar-refractivity contribution < 1.29 is 28.5 Å². The van der Waals surface area contributed by atoms with E-state index >= 15 is 0 Å². The van der Waals surface area contributed by atoms with E-state index in [2.05, 4.69) is 19.4 Å². The van der Waals surface area contributed by atoms with Crippen LogP contribution in [0.5, 0.6) is 11.5 Å². The molecule has 1 N–H and O–H groups in total. The van der Waals surface area contributed by atoms with Gasteiger partial charge in [0.25, 0.3) is 5.79 Å². The first-order chi connectivity index (χ1) is 19.3. The summed E-state index contributed by atoms with van der Waals surface area (Å²) in [6, 6.07) is 10.2. The van der Waals surface area contributed by atoms with Crippen molar-refractivity contribution in [2.45, 2.75) is 38.3 Å². The van der Waals surface area contributed by atoms with E-state index in [1.165, 1.54) is 6.07 Å². The van der Waals surface area contributed by atoms with Crippen molar-refractivity contribution >= 4 is 29.3 Å². The fourth-order valence-corrected chi connectivity index (χ4v) is 5.52. The Morgan fingerprint density at radius 3 is 2.73 bits per heavy atom. The standard InChI is InChI=1S/C29H30ClFN4O5/c1-29(22-7-5-19(30)15-23(22)31)39-25-4-2-3-24(28(25)40-29)34-12-10-33(11-13-34)18-26-32-16-20(6-8-27(36)37)35(26)17-21-9-14-38-21/h2-8,15-16,21H,9-14,17-18H2,1H3,(H,36,37)/b8-6+/t21-,29?/m0/s1. The number of carboxylic acid groups (broad SMARTS) is 1. The zero-order chi connectivity index (χ0) is 27.9. The Kier molecular flexibility index (Phi) is 7.16. The Morgan fingerprint density at radius 1 is 1.23 bits per heavy atom. The number of benzene rings is 2. The molecule has 0 spiro atoms. The van der Waals surface area contributed by atoms with E-state index in [-0.39, 0.29) is 11.7 Å². The van der Waals surface area contributed by atoms with Gasteiger partial charge < -0.3 is 28.8 Å². The SMILES string of the molecule is CC1(c2ccc(Cl)cc2F)Oc2cccc(N3CCN(Cc4ncc(/C=C/C(=O)O)n4C[C@@H]4CCO4)CC3)c2O1. The highest BCUT2D eigenvalue weighted by Crippen LogP contribution is 2.49. The van der Waals surface area contributed by atoms with E-state index in [1.807, 2.05) is 18.2 Å². The molecule has 6 rings (SSSR count). The topological polar surface area (TPSA) is 89.3 Å². The molecule has 1 aromatic heterocycles. The lowest BCUT2D eigenvalue weighted by atomic mass is 10.1. The van der Waals surface area contributed by atoms with Crippen molar-refractivity contribution in [2.75, 3.05) is 37.7 Å². The number of imidazole rings is 1. The Hall–Kier alpha value is -3.60. The van der Waals surface area contributed by atoms with E-state index in [4.69, 9.17) is 30.9 Å². The lowest BCUT2D eigenvalue weighted by Crippen LogP contribution is -2.46. The van der Waals surface area contributed by atoms with Gasteiger partial charge in [-0.1, -0.05) is 17.7 Å². The molecule has 0 saturated carbocycles. The van der Waals surface area contributed by atoms with Gasteiger partial charge in [0, 0.05) is 50.8 Å². The predicted octanol–water partition coefficient (Wildman–Crippen LogP) is 4.53. The molecule has 0 aliphatic carbocycles. The van der Waals surface area contributed by atoms with Crippen LogP contribution in [0.25, 0.3) is 6.08 Å². The molecule has 0 amide bonds. The van der Waals surface area contributed by atoms with Crippen LogP contribution in [0.15, 0.2) is 48.7 Å². The minimum atomic E-state index is -1.30. The minimum Gasteiger partial charge on any atom is -0.478 e. The third-order valence-corrected chi connectivity index (χ3v) is 7.84. The monoisotopic (exact) mass is 568 g/mol. The highest BCUT2D eigenvalue weighted by atomic mass is 35.5. The summed E-state index contributed by atoms with van der Waals surface area (Å²) in [5.74, 6) is -0.736. The van der Waals surface area contributed by atoms with Crippen molar-refractivity contribution in [3.05, 3.63) is 76.6 Å². The number of halogens is 2. The molecule has 40 heavy (non-hydrogen) atoms. The summed E-state index contributed by atoms with van der Waals surface area (Å²) < 4.78 is 34.8. The first kappa shape index (κ1) is 26.6. The van der Waals surface area contributed by atoms with Crippen LogP contribution in [0.2, 0.25) is 5.02 Å². The summed E-state index contributed by atoms with van der Waals surface area (Å²) in [5.41, 5.74) is 1.94. The van der Waals surface area contributed by atoms with Gasteiger partial charge >= 0.3 is 5.97 Å². The first-order valence-electron chi connectivity index (χ1n) is 13.3. The third-order valence-electron chi connectivity index (χ3n) is 7.60. The quantitative estimate of drug-likeness (QED) is 0.397. The van der Waals surface area contributed by atoms with Gasteiger partial charge in [-0.2, -0.15) is 0 Å². The van der Waals surface area contributed by atoms with Crippen LogP contribution in [0.3, 0.4) is 0 Å². The summed E-state index contributed by atoms with van der Waals surface area (Å²) in [6.07, 6.45) is 5.53. The number of carboxylic acids is 1. The van der Waals surface area contributed by atoms with E-state index in [9.17, 15) is 9.18 Å². The normalized spacial score (nSPS) is 22.6. The predicted molar refractivity (Wildman–Crippen MR) is 147 cm³/mol. The maximum absolute atomic E-state index is 14.7. The number of aliphatic carboxylic acids is 1. The number of hydrogen-bond acceptors (Lipinski definition) is 7. The second-order valence-corrected chi connectivity index (χ2v) is 10.7. The molecule has 2 saturated heterocycles. The molecule has 0 bridgehead atoms. The lowest BCUT2D eigenvalue weighted by molar-refractivity contribution is -0.131. The van der Waals surface area contributed by atoms with Crippen molar-refractivity contribution in [1.29, 1.82) is 0 Å². The molecule has 2 atom stereocenters. The van der Waals surface area contributed by atoms with E-state index in [0.717, 1.165) is 62.5 Å². The van der Waals surface area contributed by atoms with Gasteiger partial charge in [0.15, 0.2) is 11.5 Å².